The molecule has 2 fully saturated rings. The first kappa shape index (κ1) is 20.7. The average Bonchev–Trinajstić information content (AvgIpc) is 2.83. The van der Waals surface area contributed by atoms with Gasteiger partial charge >= 0.3 is 0 Å². The number of hydrogen-bond acceptors (Lipinski definition) is 4. The van der Waals surface area contributed by atoms with Gasteiger partial charge in [0.1, 0.15) is 5.75 Å². The van der Waals surface area contributed by atoms with Crippen molar-refractivity contribution in [2.24, 2.45) is 5.92 Å². The highest BCUT2D eigenvalue weighted by molar-refractivity contribution is 7.90. The summed E-state index contributed by atoms with van der Waals surface area (Å²) in [7, 11) is -1.61. The highest BCUT2D eigenvalue weighted by atomic mass is 35.5. The van der Waals surface area contributed by atoms with Crippen molar-refractivity contribution in [1.82, 2.24) is 9.21 Å². The van der Waals surface area contributed by atoms with Crippen molar-refractivity contribution in [3.8, 4) is 5.75 Å². The highest BCUT2D eigenvalue weighted by Crippen LogP contribution is 2.35. The SMILES string of the molecule is COc1cccc(CN2CC[C@@H]3CN(Cc4cccc(Cl)c4)S(=O)(=O)[C@@H]3CC2)c1. The van der Waals surface area contributed by atoms with Crippen molar-refractivity contribution in [1.29, 1.82) is 0 Å². The molecule has 0 radical (unpaired) electrons. The molecule has 2 saturated heterocycles. The first-order valence-electron chi connectivity index (χ1n) is 10.0. The van der Waals surface area contributed by atoms with Crippen LogP contribution < -0.4 is 4.74 Å². The predicted octanol–water partition coefficient (Wildman–Crippen LogP) is 3.77. The second kappa shape index (κ2) is 8.64. The van der Waals surface area contributed by atoms with Crippen LogP contribution in [0.4, 0.5) is 0 Å². The lowest BCUT2D eigenvalue weighted by Gasteiger charge is -2.22. The number of fused-ring (bicyclic) bond motifs is 1. The molecule has 0 unspecified atom stereocenters. The van der Waals surface area contributed by atoms with Crippen LogP contribution in [-0.2, 0) is 23.1 Å². The first-order chi connectivity index (χ1) is 14.0. The van der Waals surface area contributed by atoms with E-state index in [4.69, 9.17) is 16.3 Å². The van der Waals surface area contributed by atoms with E-state index in [1.807, 2.05) is 36.4 Å². The summed E-state index contributed by atoms with van der Waals surface area (Å²) in [6.07, 6.45) is 1.59. The Morgan fingerprint density at radius 3 is 2.52 bits per heavy atom. The molecule has 0 amide bonds. The van der Waals surface area contributed by atoms with Crippen LogP contribution >= 0.6 is 11.6 Å². The van der Waals surface area contributed by atoms with Gasteiger partial charge in [-0.05, 0) is 67.2 Å². The molecule has 2 aromatic rings. The van der Waals surface area contributed by atoms with Crippen LogP contribution in [0.1, 0.15) is 24.0 Å². The number of likely N-dealkylation sites (tertiary alicyclic amines) is 1. The molecule has 0 spiro atoms. The molecule has 0 aliphatic carbocycles. The minimum absolute atomic E-state index is 0.189. The Morgan fingerprint density at radius 1 is 1.03 bits per heavy atom. The zero-order valence-corrected chi connectivity index (χ0v) is 18.2. The minimum Gasteiger partial charge on any atom is -0.497 e. The highest BCUT2D eigenvalue weighted by Gasteiger charge is 2.46. The van der Waals surface area contributed by atoms with Gasteiger partial charge < -0.3 is 4.74 Å². The quantitative estimate of drug-likeness (QED) is 0.718. The Kier molecular flexibility index (Phi) is 6.16. The summed E-state index contributed by atoms with van der Waals surface area (Å²) in [4.78, 5) is 2.37. The molecule has 29 heavy (non-hydrogen) atoms. The molecular formula is C22H27ClN2O3S. The summed E-state index contributed by atoms with van der Waals surface area (Å²) in [6.45, 7) is 3.54. The third kappa shape index (κ3) is 4.61. The molecule has 2 aliphatic rings. The van der Waals surface area contributed by atoms with Crippen molar-refractivity contribution in [2.75, 3.05) is 26.7 Å². The standard InChI is InChI=1S/C22H27ClN2O3S/c1-28-21-7-3-5-18(13-21)14-24-10-8-19-16-25(29(26,27)22(19)9-11-24)15-17-4-2-6-20(23)12-17/h2-7,12-13,19,22H,8-11,14-16H2,1H3/t19-,22-/m1/s1. The van der Waals surface area contributed by atoms with Gasteiger partial charge in [-0.15, -0.1) is 0 Å². The lowest BCUT2D eigenvalue weighted by molar-refractivity contribution is 0.266. The van der Waals surface area contributed by atoms with Crippen molar-refractivity contribution >= 4 is 21.6 Å². The molecule has 0 aromatic heterocycles. The van der Waals surface area contributed by atoms with Gasteiger partial charge in [-0.25, -0.2) is 8.42 Å². The van der Waals surface area contributed by atoms with Gasteiger partial charge in [0.25, 0.3) is 0 Å². The van der Waals surface area contributed by atoms with E-state index < -0.39 is 10.0 Å². The molecule has 5 nitrogen and oxygen atoms in total. The fourth-order valence-electron chi connectivity index (χ4n) is 4.53. The number of hydrogen-bond donors (Lipinski definition) is 0. The van der Waals surface area contributed by atoms with E-state index in [-0.39, 0.29) is 11.2 Å². The van der Waals surface area contributed by atoms with Crippen molar-refractivity contribution in [2.45, 2.75) is 31.2 Å². The van der Waals surface area contributed by atoms with Gasteiger partial charge in [-0.2, -0.15) is 4.31 Å². The van der Waals surface area contributed by atoms with E-state index in [1.54, 1.807) is 11.4 Å². The normalized spacial score (nSPS) is 24.8. The summed E-state index contributed by atoms with van der Waals surface area (Å²) in [5.74, 6) is 1.04. The molecule has 0 bridgehead atoms. The van der Waals surface area contributed by atoms with Gasteiger partial charge in [-0.1, -0.05) is 35.9 Å². The second-order valence-electron chi connectivity index (χ2n) is 7.97. The average molecular weight is 435 g/mol. The monoisotopic (exact) mass is 434 g/mol. The second-order valence-corrected chi connectivity index (χ2v) is 10.6. The Balaban J connectivity index is 1.42. The number of halogens is 1. The number of methoxy groups -OCH3 is 1. The van der Waals surface area contributed by atoms with Gasteiger partial charge in [0.05, 0.1) is 12.4 Å². The van der Waals surface area contributed by atoms with Crippen LogP contribution in [0.5, 0.6) is 5.75 Å². The smallest absolute Gasteiger partial charge is 0.217 e. The fraction of sp³-hybridized carbons (Fsp3) is 0.455. The number of ether oxygens (including phenoxy) is 1. The third-order valence-electron chi connectivity index (χ3n) is 6.04. The number of rotatable bonds is 5. The minimum atomic E-state index is -3.29. The van der Waals surface area contributed by atoms with Crippen LogP contribution in [0.25, 0.3) is 0 Å². The van der Waals surface area contributed by atoms with E-state index in [0.29, 0.717) is 24.5 Å². The lowest BCUT2D eigenvalue weighted by Crippen LogP contribution is -2.31. The zero-order valence-electron chi connectivity index (χ0n) is 16.6. The fourth-order valence-corrected chi connectivity index (χ4v) is 6.97. The maximum absolute atomic E-state index is 13.2. The first-order valence-corrected chi connectivity index (χ1v) is 11.9. The van der Waals surface area contributed by atoms with Crippen molar-refractivity contribution in [3.05, 3.63) is 64.7 Å². The topological polar surface area (TPSA) is 49.9 Å². The largest absolute Gasteiger partial charge is 0.497 e. The molecule has 156 valence electrons. The van der Waals surface area contributed by atoms with Crippen LogP contribution in [-0.4, -0.2) is 49.6 Å². The van der Waals surface area contributed by atoms with Gasteiger partial charge in [0, 0.05) is 24.7 Å². The number of sulfonamides is 1. The van der Waals surface area contributed by atoms with Crippen molar-refractivity contribution in [3.63, 3.8) is 0 Å². The Morgan fingerprint density at radius 2 is 1.76 bits per heavy atom. The van der Waals surface area contributed by atoms with Crippen LogP contribution in [0.2, 0.25) is 5.02 Å². The molecule has 7 heteroatoms. The van der Waals surface area contributed by atoms with Gasteiger partial charge in [-0.3, -0.25) is 4.90 Å². The number of benzene rings is 2. The lowest BCUT2D eigenvalue weighted by atomic mass is 10.0. The molecular weight excluding hydrogens is 408 g/mol. The predicted molar refractivity (Wildman–Crippen MR) is 116 cm³/mol. The van der Waals surface area contributed by atoms with Gasteiger partial charge in [0.2, 0.25) is 10.0 Å². The van der Waals surface area contributed by atoms with E-state index in [9.17, 15) is 8.42 Å². The van der Waals surface area contributed by atoms with Crippen LogP contribution in [0.3, 0.4) is 0 Å². The maximum Gasteiger partial charge on any atom is 0.217 e. The van der Waals surface area contributed by atoms with E-state index in [2.05, 4.69) is 17.0 Å². The zero-order chi connectivity index (χ0) is 20.4. The van der Waals surface area contributed by atoms with Crippen LogP contribution in [0, 0.1) is 5.92 Å². The molecule has 2 atom stereocenters. The summed E-state index contributed by atoms with van der Waals surface area (Å²) in [5.41, 5.74) is 2.14. The van der Waals surface area contributed by atoms with Gasteiger partial charge in [0.15, 0.2) is 0 Å². The number of nitrogens with zero attached hydrogens (tertiary/aromatic N) is 2. The summed E-state index contributed by atoms with van der Waals surface area (Å²) in [6, 6.07) is 15.6. The third-order valence-corrected chi connectivity index (χ3v) is 8.66. The van der Waals surface area contributed by atoms with Crippen LogP contribution in [0.15, 0.2) is 48.5 Å². The molecule has 2 aliphatic heterocycles. The molecule has 2 heterocycles. The molecule has 4 rings (SSSR count). The Bertz CT molecular complexity index is 966. The van der Waals surface area contributed by atoms with Crippen molar-refractivity contribution < 1.29 is 13.2 Å². The van der Waals surface area contributed by atoms with E-state index >= 15 is 0 Å². The molecule has 2 aromatic carbocycles. The molecule has 0 N–H and O–H groups in total. The molecule has 0 saturated carbocycles. The Hall–Kier alpha value is -1.60. The summed E-state index contributed by atoms with van der Waals surface area (Å²) >= 11 is 6.07. The maximum atomic E-state index is 13.2. The summed E-state index contributed by atoms with van der Waals surface area (Å²) in [5, 5.41) is 0.360. The van der Waals surface area contributed by atoms with E-state index in [1.165, 1.54) is 5.56 Å². The van der Waals surface area contributed by atoms with E-state index in [0.717, 1.165) is 37.4 Å². The Labute approximate surface area is 178 Å². The summed E-state index contributed by atoms with van der Waals surface area (Å²) < 4.78 is 33.3.